The normalized spacial score (nSPS) is 10.0. The summed E-state index contributed by atoms with van der Waals surface area (Å²) in [5.41, 5.74) is 0. The fourth-order valence-corrected chi connectivity index (χ4v) is 1.32. The third-order valence-electron chi connectivity index (χ3n) is 1.14. The first-order chi connectivity index (χ1) is 4.41. The fraction of sp³-hybridized carbons (Fsp3) is 1.00. The Morgan fingerprint density at radius 3 is 2.56 bits per heavy atom. The number of unbranched alkanes of at least 4 members (excludes halogenated alkanes) is 2. The third kappa shape index (κ3) is 8.31. The van der Waals surface area contributed by atoms with Crippen LogP contribution < -0.4 is 0 Å². The molecule has 0 N–H and O–H groups in total. The van der Waals surface area contributed by atoms with Gasteiger partial charge in [-0.3, -0.25) is 0 Å². The molecule has 1 radical (unpaired) electrons. The van der Waals surface area contributed by atoms with E-state index in [2.05, 4.69) is 6.92 Å². The van der Waals surface area contributed by atoms with Crippen LogP contribution in [0.1, 0.15) is 26.2 Å². The van der Waals surface area contributed by atoms with Crippen molar-refractivity contribution in [2.75, 3.05) is 18.1 Å². The van der Waals surface area contributed by atoms with E-state index in [1.54, 1.807) is 0 Å². The zero-order chi connectivity index (χ0) is 6.95. The summed E-state index contributed by atoms with van der Waals surface area (Å²) in [4.78, 5) is 0. The van der Waals surface area contributed by atoms with Crippen LogP contribution in [0.15, 0.2) is 0 Å². The lowest BCUT2D eigenvalue weighted by Gasteiger charge is -1.95. The van der Waals surface area contributed by atoms with E-state index in [9.17, 15) is 5.11 Å². The lowest BCUT2D eigenvalue weighted by Crippen LogP contribution is -1.84. The summed E-state index contributed by atoms with van der Waals surface area (Å²) in [6, 6.07) is 0. The molecule has 0 spiro atoms. The van der Waals surface area contributed by atoms with Crippen LogP contribution in [-0.2, 0) is 5.11 Å². The van der Waals surface area contributed by atoms with Crippen LogP contribution >= 0.6 is 11.8 Å². The highest BCUT2D eigenvalue weighted by Crippen LogP contribution is 2.04. The number of thioether (sulfide) groups is 1. The molecule has 9 heavy (non-hydrogen) atoms. The Bertz CT molecular complexity index is 42.2. The van der Waals surface area contributed by atoms with Gasteiger partial charge in [0.25, 0.3) is 0 Å². The summed E-state index contributed by atoms with van der Waals surface area (Å²) >= 11 is 1.96. The predicted molar refractivity (Wildman–Crippen MR) is 42.4 cm³/mol. The Morgan fingerprint density at radius 1 is 1.22 bits per heavy atom. The summed E-state index contributed by atoms with van der Waals surface area (Å²) in [6.45, 7) is 2.27. The monoisotopic (exact) mass is 147 g/mol. The van der Waals surface area contributed by atoms with Crippen molar-refractivity contribution in [2.45, 2.75) is 26.2 Å². The summed E-state index contributed by atoms with van der Waals surface area (Å²) in [5, 5.41) is 9.96. The van der Waals surface area contributed by atoms with Crippen LogP contribution in [0.3, 0.4) is 0 Å². The van der Waals surface area contributed by atoms with Crippen LogP contribution in [0.5, 0.6) is 0 Å². The van der Waals surface area contributed by atoms with Gasteiger partial charge in [0.2, 0.25) is 0 Å². The van der Waals surface area contributed by atoms with Crippen LogP contribution in [0.2, 0.25) is 0 Å². The van der Waals surface area contributed by atoms with E-state index in [1.165, 1.54) is 17.9 Å². The van der Waals surface area contributed by atoms with Crippen molar-refractivity contribution in [2.24, 2.45) is 0 Å². The lowest BCUT2D eigenvalue weighted by molar-refractivity contribution is 0.186. The Labute approximate surface area is 61.8 Å². The molecule has 1 nitrogen and oxygen atoms in total. The lowest BCUT2D eigenvalue weighted by atomic mass is 10.3. The molecule has 0 aliphatic rings. The summed E-state index contributed by atoms with van der Waals surface area (Å²) in [6.07, 6.45) is 3.21. The summed E-state index contributed by atoms with van der Waals surface area (Å²) in [5.74, 6) is 2.44. The van der Waals surface area contributed by atoms with Gasteiger partial charge in [-0.05, 0) is 24.3 Å². The standard InChI is InChI=1S/C7H15OS/c1-2-9-7-5-3-4-6-8/h2-7H2,1H3. The number of hydrogen-bond donors (Lipinski definition) is 0. The maximum absolute atomic E-state index is 9.96. The van der Waals surface area contributed by atoms with Gasteiger partial charge in [-0.15, -0.1) is 0 Å². The molecule has 0 saturated heterocycles. The topological polar surface area (TPSA) is 19.9 Å². The molecule has 0 aliphatic carbocycles. The van der Waals surface area contributed by atoms with Gasteiger partial charge in [0.05, 0.1) is 6.61 Å². The average molecular weight is 147 g/mol. The first-order valence-corrected chi connectivity index (χ1v) is 4.73. The Kier molecular flexibility index (Phi) is 8.60. The molecule has 0 saturated carbocycles. The van der Waals surface area contributed by atoms with Crippen molar-refractivity contribution >= 4 is 11.8 Å². The fourth-order valence-electron chi connectivity index (χ4n) is 0.627. The highest BCUT2D eigenvalue weighted by molar-refractivity contribution is 7.99. The summed E-state index contributed by atoms with van der Waals surface area (Å²) in [7, 11) is 0. The maximum atomic E-state index is 9.96. The molecule has 0 unspecified atom stereocenters. The van der Waals surface area contributed by atoms with E-state index < -0.39 is 0 Å². The van der Waals surface area contributed by atoms with E-state index in [0.29, 0.717) is 0 Å². The second-order valence-electron chi connectivity index (χ2n) is 1.96. The van der Waals surface area contributed by atoms with Gasteiger partial charge in [-0.25, -0.2) is 5.11 Å². The molecule has 55 valence electrons. The van der Waals surface area contributed by atoms with E-state index >= 15 is 0 Å². The van der Waals surface area contributed by atoms with E-state index in [0.717, 1.165) is 12.8 Å². The molecule has 0 aromatic rings. The van der Waals surface area contributed by atoms with Crippen LogP contribution in [0.4, 0.5) is 0 Å². The van der Waals surface area contributed by atoms with Crippen molar-refractivity contribution in [3.8, 4) is 0 Å². The average Bonchev–Trinajstić information content (AvgIpc) is 1.89. The second-order valence-corrected chi connectivity index (χ2v) is 3.36. The van der Waals surface area contributed by atoms with Crippen molar-refractivity contribution in [3.05, 3.63) is 0 Å². The van der Waals surface area contributed by atoms with E-state index in [4.69, 9.17) is 0 Å². The highest BCUT2D eigenvalue weighted by Gasteiger charge is 1.87. The molecule has 0 amide bonds. The third-order valence-corrected chi connectivity index (χ3v) is 2.12. The molecule has 0 fully saturated rings. The SMILES string of the molecule is CCSCCCCC[O]. The largest absolute Gasteiger partial charge is 0.237 e. The molecule has 0 rings (SSSR count). The van der Waals surface area contributed by atoms with Crippen LogP contribution in [-0.4, -0.2) is 18.1 Å². The molecular formula is C7H15OS. The predicted octanol–water partition coefficient (Wildman–Crippen LogP) is 2.34. The van der Waals surface area contributed by atoms with Gasteiger partial charge in [0.1, 0.15) is 0 Å². The zero-order valence-electron chi connectivity index (χ0n) is 6.06. The van der Waals surface area contributed by atoms with E-state index in [1.807, 2.05) is 11.8 Å². The molecule has 0 atom stereocenters. The van der Waals surface area contributed by atoms with Crippen molar-refractivity contribution in [1.82, 2.24) is 0 Å². The molecule has 0 aliphatic heterocycles. The minimum Gasteiger partial charge on any atom is -0.237 e. The molecule has 0 bridgehead atoms. The van der Waals surface area contributed by atoms with Gasteiger partial charge in [-0.2, -0.15) is 11.8 Å². The molecule has 2 heteroatoms. The quantitative estimate of drug-likeness (QED) is 0.528. The molecular weight excluding hydrogens is 132 g/mol. The smallest absolute Gasteiger partial charge is 0.0822 e. The first kappa shape index (κ1) is 9.31. The van der Waals surface area contributed by atoms with Gasteiger partial charge in [0, 0.05) is 0 Å². The summed E-state index contributed by atoms with van der Waals surface area (Å²) < 4.78 is 0. The zero-order valence-corrected chi connectivity index (χ0v) is 6.88. The van der Waals surface area contributed by atoms with Crippen molar-refractivity contribution in [1.29, 1.82) is 0 Å². The molecule has 0 aromatic heterocycles. The highest BCUT2D eigenvalue weighted by atomic mass is 32.2. The molecule has 0 aromatic carbocycles. The number of rotatable bonds is 6. The van der Waals surface area contributed by atoms with Crippen molar-refractivity contribution < 1.29 is 5.11 Å². The Balaban J connectivity index is 2.60. The maximum Gasteiger partial charge on any atom is 0.0822 e. The number of hydrogen-bond acceptors (Lipinski definition) is 1. The van der Waals surface area contributed by atoms with Gasteiger partial charge >= 0.3 is 0 Å². The first-order valence-electron chi connectivity index (χ1n) is 3.57. The Hall–Kier alpha value is 0.310. The molecule has 0 heterocycles. The van der Waals surface area contributed by atoms with Crippen molar-refractivity contribution in [3.63, 3.8) is 0 Å². The van der Waals surface area contributed by atoms with Crippen LogP contribution in [0, 0.1) is 0 Å². The second kappa shape index (κ2) is 8.31. The van der Waals surface area contributed by atoms with Gasteiger partial charge < -0.3 is 0 Å². The van der Waals surface area contributed by atoms with Gasteiger partial charge in [0.15, 0.2) is 0 Å². The van der Waals surface area contributed by atoms with E-state index in [-0.39, 0.29) is 6.61 Å². The van der Waals surface area contributed by atoms with Crippen LogP contribution in [0.25, 0.3) is 0 Å². The minimum absolute atomic E-state index is 0.108. The van der Waals surface area contributed by atoms with Gasteiger partial charge in [-0.1, -0.05) is 13.3 Å². The Morgan fingerprint density at radius 2 is 2.00 bits per heavy atom. The minimum atomic E-state index is 0.108.